The van der Waals surface area contributed by atoms with E-state index in [9.17, 15) is 5.11 Å². The van der Waals surface area contributed by atoms with E-state index in [-0.39, 0.29) is 5.75 Å². The molecule has 1 aliphatic rings. The number of benzene rings is 2. The van der Waals surface area contributed by atoms with Crippen LogP contribution in [0.2, 0.25) is 5.02 Å². The van der Waals surface area contributed by atoms with Crippen LogP contribution in [0, 0.1) is 0 Å². The molecule has 1 N–H and O–H groups in total. The molecule has 0 amide bonds. The van der Waals surface area contributed by atoms with Crippen molar-refractivity contribution in [2.75, 3.05) is 7.05 Å². The lowest BCUT2D eigenvalue weighted by atomic mass is 9.94. The molecule has 3 rings (SSSR count). The van der Waals surface area contributed by atoms with Crippen LogP contribution >= 0.6 is 11.6 Å². The maximum Gasteiger partial charge on any atom is 0.124 e. The van der Waals surface area contributed by atoms with Gasteiger partial charge in [0.25, 0.3) is 0 Å². The number of aliphatic imine (C=N–C) groups is 1. The minimum atomic E-state index is 0.185. The molecule has 0 aromatic heterocycles. The van der Waals surface area contributed by atoms with Crippen LogP contribution in [0.5, 0.6) is 5.75 Å². The first-order valence-electron chi connectivity index (χ1n) is 8.94. The average Bonchev–Trinajstić information content (AvgIpc) is 2.64. The molecule has 1 saturated carbocycles. The van der Waals surface area contributed by atoms with E-state index in [0.717, 1.165) is 12.2 Å². The molecule has 0 radical (unpaired) electrons. The second-order valence-corrected chi connectivity index (χ2v) is 7.23. The van der Waals surface area contributed by atoms with Gasteiger partial charge in [0.15, 0.2) is 0 Å². The zero-order valence-corrected chi connectivity index (χ0v) is 15.4. The first-order chi connectivity index (χ1) is 12.1. The highest BCUT2D eigenvalue weighted by atomic mass is 35.5. The molecule has 0 bridgehead atoms. The van der Waals surface area contributed by atoms with Crippen LogP contribution in [0.3, 0.4) is 0 Å². The van der Waals surface area contributed by atoms with Gasteiger partial charge >= 0.3 is 0 Å². The predicted octanol–water partition coefficient (Wildman–Crippen LogP) is 5.56. The van der Waals surface area contributed by atoms with Gasteiger partial charge in [-0.15, -0.1) is 0 Å². The van der Waals surface area contributed by atoms with Gasteiger partial charge in [-0.05, 0) is 49.7 Å². The summed E-state index contributed by atoms with van der Waals surface area (Å²) < 4.78 is 0. The standard InChI is InChI=1S/C21H25ClN2O/c1-24(19-8-3-2-4-9-19)15-16-7-5-6-10-20(16)23-14-17-13-18(22)11-12-21(17)25/h5-7,10-14,19,25H,2-4,8-9,15H2,1H3. The van der Waals surface area contributed by atoms with Gasteiger partial charge in [0.1, 0.15) is 5.75 Å². The highest BCUT2D eigenvalue weighted by Gasteiger charge is 2.18. The van der Waals surface area contributed by atoms with E-state index in [1.165, 1.54) is 37.7 Å². The van der Waals surface area contributed by atoms with Crippen molar-refractivity contribution < 1.29 is 5.11 Å². The first-order valence-corrected chi connectivity index (χ1v) is 9.32. The summed E-state index contributed by atoms with van der Waals surface area (Å²) in [6, 6.07) is 13.8. The van der Waals surface area contributed by atoms with Crippen molar-refractivity contribution in [1.82, 2.24) is 4.90 Å². The lowest BCUT2D eigenvalue weighted by molar-refractivity contribution is 0.185. The SMILES string of the molecule is CN(Cc1ccccc1N=Cc1cc(Cl)ccc1O)C1CCCCC1. The third-order valence-electron chi connectivity index (χ3n) is 4.94. The Kier molecular flexibility index (Phi) is 6.11. The molecule has 3 nitrogen and oxygen atoms in total. The van der Waals surface area contributed by atoms with Crippen LogP contribution in [0.25, 0.3) is 0 Å². The number of halogens is 1. The van der Waals surface area contributed by atoms with E-state index >= 15 is 0 Å². The van der Waals surface area contributed by atoms with Crippen LogP contribution in [-0.4, -0.2) is 29.3 Å². The van der Waals surface area contributed by atoms with Crippen LogP contribution in [0.4, 0.5) is 5.69 Å². The average molecular weight is 357 g/mol. The van der Waals surface area contributed by atoms with Gasteiger partial charge in [-0.25, -0.2) is 0 Å². The summed E-state index contributed by atoms with van der Waals surface area (Å²) in [5, 5.41) is 10.5. The Labute approximate surface area is 155 Å². The zero-order chi connectivity index (χ0) is 17.6. The molecule has 2 aromatic rings. The van der Waals surface area contributed by atoms with E-state index in [1.807, 2.05) is 12.1 Å². The molecule has 0 unspecified atom stereocenters. The van der Waals surface area contributed by atoms with Crippen LogP contribution in [-0.2, 0) is 6.54 Å². The topological polar surface area (TPSA) is 35.8 Å². The number of para-hydroxylation sites is 1. The Hall–Kier alpha value is -1.84. The maximum atomic E-state index is 9.94. The van der Waals surface area contributed by atoms with Crippen molar-refractivity contribution in [1.29, 1.82) is 0 Å². The third-order valence-corrected chi connectivity index (χ3v) is 5.18. The third kappa shape index (κ3) is 4.83. The summed E-state index contributed by atoms with van der Waals surface area (Å²) in [6.07, 6.45) is 8.30. The fourth-order valence-electron chi connectivity index (χ4n) is 3.46. The van der Waals surface area contributed by atoms with Gasteiger partial charge in [-0.1, -0.05) is 49.1 Å². The molecular weight excluding hydrogens is 332 g/mol. The Balaban J connectivity index is 1.76. The van der Waals surface area contributed by atoms with Gasteiger partial charge in [-0.3, -0.25) is 9.89 Å². The quantitative estimate of drug-likeness (QED) is 0.712. The van der Waals surface area contributed by atoms with Crippen LogP contribution in [0.1, 0.15) is 43.2 Å². The van der Waals surface area contributed by atoms with Crippen LogP contribution < -0.4 is 0 Å². The fraction of sp³-hybridized carbons (Fsp3) is 0.381. The summed E-state index contributed by atoms with van der Waals surface area (Å²) in [5.41, 5.74) is 2.76. The number of aromatic hydroxyl groups is 1. The van der Waals surface area contributed by atoms with Gasteiger partial charge in [0, 0.05) is 29.4 Å². The van der Waals surface area contributed by atoms with E-state index in [2.05, 4.69) is 29.1 Å². The Morgan fingerprint density at radius 1 is 1.16 bits per heavy atom. The smallest absolute Gasteiger partial charge is 0.124 e. The second-order valence-electron chi connectivity index (χ2n) is 6.80. The Morgan fingerprint density at radius 2 is 1.92 bits per heavy atom. The van der Waals surface area contributed by atoms with Gasteiger partial charge in [-0.2, -0.15) is 0 Å². The molecule has 132 valence electrons. The minimum absolute atomic E-state index is 0.185. The van der Waals surface area contributed by atoms with E-state index in [0.29, 0.717) is 16.6 Å². The molecule has 25 heavy (non-hydrogen) atoms. The minimum Gasteiger partial charge on any atom is -0.507 e. The number of phenolic OH excluding ortho intramolecular Hbond substituents is 1. The summed E-state index contributed by atoms with van der Waals surface area (Å²) >= 11 is 6.01. The highest BCUT2D eigenvalue weighted by molar-refractivity contribution is 6.30. The summed E-state index contributed by atoms with van der Waals surface area (Å²) in [5.74, 6) is 0.185. The lowest BCUT2D eigenvalue weighted by Crippen LogP contribution is -2.32. The molecule has 1 fully saturated rings. The molecule has 2 aromatic carbocycles. The van der Waals surface area contributed by atoms with Gasteiger partial charge in [0.05, 0.1) is 5.69 Å². The monoisotopic (exact) mass is 356 g/mol. The van der Waals surface area contributed by atoms with Crippen LogP contribution in [0.15, 0.2) is 47.5 Å². The maximum absolute atomic E-state index is 9.94. The fourth-order valence-corrected chi connectivity index (χ4v) is 3.64. The van der Waals surface area contributed by atoms with E-state index in [4.69, 9.17) is 11.6 Å². The molecular formula is C21H25ClN2O. The second kappa shape index (κ2) is 8.50. The zero-order valence-electron chi connectivity index (χ0n) is 14.7. The Bertz CT molecular complexity index is 738. The van der Waals surface area contributed by atoms with E-state index in [1.54, 1.807) is 24.4 Å². The molecule has 1 aliphatic carbocycles. The van der Waals surface area contributed by atoms with Gasteiger partial charge < -0.3 is 5.11 Å². The van der Waals surface area contributed by atoms with Crippen molar-refractivity contribution in [3.63, 3.8) is 0 Å². The molecule has 4 heteroatoms. The van der Waals surface area contributed by atoms with Crippen molar-refractivity contribution in [3.8, 4) is 5.75 Å². The highest BCUT2D eigenvalue weighted by Crippen LogP contribution is 2.26. The number of phenols is 1. The molecule has 0 atom stereocenters. The molecule has 0 saturated heterocycles. The summed E-state index contributed by atoms with van der Waals surface area (Å²) in [7, 11) is 2.21. The lowest BCUT2D eigenvalue weighted by Gasteiger charge is -2.31. The Morgan fingerprint density at radius 3 is 2.72 bits per heavy atom. The first kappa shape index (κ1) is 18.0. The number of hydrogen-bond donors (Lipinski definition) is 1. The molecule has 0 aliphatic heterocycles. The van der Waals surface area contributed by atoms with Crippen molar-refractivity contribution >= 4 is 23.5 Å². The summed E-state index contributed by atoms with van der Waals surface area (Å²) in [6.45, 7) is 0.889. The van der Waals surface area contributed by atoms with E-state index < -0.39 is 0 Å². The normalized spacial score (nSPS) is 16.0. The van der Waals surface area contributed by atoms with Gasteiger partial charge in [0.2, 0.25) is 0 Å². The summed E-state index contributed by atoms with van der Waals surface area (Å²) in [4.78, 5) is 7.06. The largest absolute Gasteiger partial charge is 0.507 e. The number of nitrogens with zero attached hydrogens (tertiary/aromatic N) is 2. The van der Waals surface area contributed by atoms with Crippen molar-refractivity contribution in [2.24, 2.45) is 4.99 Å². The number of rotatable bonds is 5. The molecule has 0 spiro atoms. The van der Waals surface area contributed by atoms with Crippen molar-refractivity contribution in [2.45, 2.75) is 44.7 Å². The van der Waals surface area contributed by atoms with Crippen molar-refractivity contribution in [3.05, 3.63) is 58.6 Å². The predicted molar refractivity (Wildman–Crippen MR) is 105 cm³/mol. The number of hydrogen-bond acceptors (Lipinski definition) is 3. The molecule has 0 heterocycles.